The van der Waals surface area contributed by atoms with Gasteiger partial charge in [0.15, 0.2) is 0 Å². The molecule has 4 nitrogen and oxygen atoms in total. The van der Waals surface area contributed by atoms with E-state index in [9.17, 15) is 5.26 Å². The molecule has 0 radical (unpaired) electrons. The Morgan fingerprint density at radius 2 is 2.47 bits per heavy atom. The topological polar surface area (TPSA) is 61.0 Å². The standard InChI is InChI=1S/C13H13N3OS2/c1-18-13-8(7-14)11(10-3-2-6-17-10)12(19-13)9-4-5-15-16-9/h2-3,6,9,15-16H,4-5H2,1H3. The van der Waals surface area contributed by atoms with Crippen molar-refractivity contribution in [3.8, 4) is 17.4 Å². The summed E-state index contributed by atoms with van der Waals surface area (Å²) in [4.78, 5) is 1.18. The average molecular weight is 291 g/mol. The van der Waals surface area contributed by atoms with Gasteiger partial charge in [-0.1, -0.05) is 0 Å². The molecular formula is C13H13N3OS2. The number of hydrazine groups is 1. The number of nitrogens with one attached hydrogen (secondary N) is 2. The summed E-state index contributed by atoms with van der Waals surface area (Å²) in [6.45, 7) is 0.941. The maximum absolute atomic E-state index is 9.45. The minimum atomic E-state index is 0.248. The van der Waals surface area contributed by atoms with E-state index in [0.717, 1.165) is 34.1 Å². The van der Waals surface area contributed by atoms with Gasteiger partial charge in [-0.25, -0.2) is 5.43 Å². The molecule has 1 aliphatic rings. The quantitative estimate of drug-likeness (QED) is 0.851. The lowest BCUT2D eigenvalue weighted by molar-refractivity contribution is 0.571. The molecule has 1 fully saturated rings. The van der Waals surface area contributed by atoms with Gasteiger partial charge >= 0.3 is 0 Å². The van der Waals surface area contributed by atoms with Crippen LogP contribution in [0.2, 0.25) is 0 Å². The van der Waals surface area contributed by atoms with Crippen molar-refractivity contribution in [3.05, 3.63) is 28.8 Å². The monoisotopic (exact) mass is 291 g/mol. The molecule has 0 aromatic carbocycles. The van der Waals surface area contributed by atoms with E-state index in [1.807, 2.05) is 18.4 Å². The molecule has 0 spiro atoms. The van der Waals surface area contributed by atoms with Crippen molar-refractivity contribution in [1.29, 1.82) is 5.26 Å². The fourth-order valence-electron chi connectivity index (χ4n) is 2.26. The number of thiophene rings is 1. The summed E-state index contributed by atoms with van der Waals surface area (Å²) in [7, 11) is 0. The zero-order chi connectivity index (χ0) is 13.2. The molecule has 0 bridgehead atoms. The third-order valence-corrected chi connectivity index (χ3v) is 5.54. The predicted molar refractivity (Wildman–Crippen MR) is 77.0 cm³/mol. The van der Waals surface area contributed by atoms with Crippen molar-refractivity contribution in [1.82, 2.24) is 10.9 Å². The second-order valence-corrected chi connectivity index (χ2v) is 6.34. The molecule has 1 saturated heterocycles. The van der Waals surface area contributed by atoms with Gasteiger partial charge in [0.2, 0.25) is 0 Å². The SMILES string of the molecule is CSc1sc(C2CCNN2)c(-c2ccco2)c1C#N. The number of hydrogen-bond acceptors (Lipinski definition) is 6. The summed E-state index contributed by atoms with van der Waals surface area (Å²) in [6, 6.07) is 6.35. The van der Waals surface area contributed by atoms with Gasteiger partial charge in [0, 0.05) is 11.4 Å². The molecule has 0 amide bonds. The highest BCUT2D eigenvalue weighted by molar-refractivity contribution is 8.00. The highest BCUT2D eigenvalue weighted by Crippen LogP contribution is 2.44. The summed E-state index contributed by atoms with van der Waals surface area (Å²) in [5.74, 6) is 0.775. The molecule has 98 valence electrons. The first-order valence-corrected chi connectivity index (χ1v) is 8.02. The predicted octanol–water partition coefficient (Wildman–Crippen LogP) is 3.14. The van der Waals surface area contributed by atoms with Gasteiger partial charge in [0.05, 0.1) is 27.6 Å². The number of furan rings is 1. The fourth-order valence-corrected chi connectivity index (χ4v) is 4.29. The maximum Gasteiger partial charge on any atom is 0.136 e. The van der Waals surface area contributed by atoms with Crippen molar-refractivity contribution in [2.24, 2.45) is 0 Å². The van der Waals surface area contributed by atoms with Crippen LogP contribution in [0, 0.1) is 11.3 Å². The van der Waals surface area contributed by atoms with Crippen molar-refractivity contribution in [2.75, 3.05) is 12.8 Å². The van der Waals surface area contributed by atoms with Crippen molar-refractivity contribution >= 4 is 23.1 Å². The molecule has 6 heteroatoms. The zero-order valence-corrected chi connectivity index (χ0v) is 12.0. The van der Waals surface area contributed by atoms with E-state index in [2.05, 4.69) is 16.9 Å². The molecule has 1 unspecified atom stereocenters. The third-order valence-electron chi connectivity index (χ3n) is 3.12. The summed E-state index contributed by atoms with van der Waals surface area (Å²) >= 11 is 3.30. The van der Waals surface area contributed by atoms with Crippen LogP contribution in [0.25, 0.3) is 11.3 Å². The Bertz CT molecular complexity index is 607. The summed E-state index contributed by atoms with van der Waals surface area (Å²) in [6.07, 6.45) is 4.67. The van der Waals surface area contributed by atoms with E-state index in [1.54, 1.807) is 29.4 Å². The van der Waals surface area contributed by atoms with Crippen LogP contribution in [-0.4, -0.2) is 12.8 Å². The summed E-state index contributed by atoms with van der Waals surface area (Å²) in [5.41, 5.74) is 8.09. The molecular weight excluding hydrogens is 278 g/mol. The Hall–Kier alpha value is -1.26. The largest absolute Gasteiger partial charge is 0.464 e. The highest BCUT2D eigenvalue weighted by atomic mass is 32.2. The van der Waals surface area contributed by atoms with E-state index in [4.69, 9.17) is 4.42 Å². The van der Waals surface area contributed by atoms with Crippen LogP contribution in [0.15, 0.2) is 27.0 Å². The summed E-state index contributed by atoms with van der Waals surface area (Å²) < 4.78 is 6.57. The van der Waals surface area contributed by atoms with Crippen LogP contribution in [0.5, 0.6) is 0 Å². The number of hydrogen-bond donors (Lipinski definition) is 2. The Labute approximate surface area is 119 Å². The van der Waals surface area contributed by atoms with Gasteiger partial charge in [-0.05, 0) is 24.8 Å². The lowest BCUT2D eigenvalue weighted by Crippen LogP contribution is -2.24. The van der Waals surface area contributed by atoms with Gasteiger partial charge in [-0.3, -0.25) is 5.43 Å². The van der Waals surface area contributed by atoms with Crippen LogP contribution < -0.4 is 10.9 Å². The normalized spacial score (nSPS) is 18.6. The second kappa shape index (κ2) is 5.39. The van der Waals surface area contributed by atoms with E-state index in [0.29, 0.717) is 0 Å². The Morgan fingerprint density at radius 1 is 1.58 bits per heavy atom. The minimum Gasteiger partial charge on any atom is -0.464 e. The van der Waals surface area contributed by atoms with Gasteiger partial charge < -0.3 is 4.42 Å². The van der Waals surface area contributed by atoms with E-state index in [-0.39, 0.29) is 6.04 Å². The molecule has 2 aromatic heterocycles. The highest BCUT2D eigenvalue weighted by Gasteiger charge is 2.28. The Kier molecular flexibility index (Phi) is 3.62. The first-order chi connectivity index (χ1) is 9.35. The maximum atomic E-state index is 9.45. The number of rotatable bonds is 3. The Morgan fingerprint density at radius 3 is 3.05 bits per heavy atom. The van der Waals surface area contributed by atoms with Crippen LogP contribution in [0.3, 0.4) is 0 Å². The smallest absolute Gasteiger partial charge is 0.136 e. The minimum absolute atomic E-state index is 0.248. The van der Waals surface area contributed by atoms with E-state index in [1.165, 1.54) is 4.88 Å². The molecule has 3 rings (SSSR count). The van der Waals surface area contributed by atoms with Crippen LogP contribution in [0.1, 0.15) is 22.9 Å². The first-order valence-electron chi connectivity index (χ1n) is 5.98. The lowest BCUT2D eigenvalue weighted by atomic mass is 10.0. The zero-order valence-electron chi connectivity index (χ0n) is 10.4. The fraction of sp³-hybridized carbons (Fsp3) is 0.308. The Balaban J connectivity index is 2.17. The molecule has 3 heterocycles. The van der Waals surface area contributed by atoms with Crippen molar-refractivity contribution in [2.45, 2.75) is 16.7 Å². The third kappa shape index (κ3) is 2.19. The number of nitrogens with zero attached hydrogens (tertiary/aromatic N) is 1. The second-order valence-electron chi connectivity index (χ2n) is 4.21. The molecule has 2 aromatic rings. The molecule has 2 N–H and O–H groups in total. The van der Waals surface area contributed by atoms with Crippen LogP contribution in [-0.2, 0) is 0 Å². The summed E-state index contributed by atoms with van der Waals surface area (Å²) in [5, 5.41) is 9.45. The molecule has 19 heavy (non-hydrogen) atoms. The van der Waals surface area contributed by atoms with Gasteiger partial charge in [0.1, 0.15) is 11.8 Å². The van der Waals surface area contributed by atoms with Crippen molar-refractivity contribution < 1.29 is 4.42 Å². The molecule has 1 aliphatic heterocycles. The average Bonchev–Trinajstić information content (AvgIpc) is 3.16. The van der Waals surface area contributed by atoms with Gasteiger partial charge in [-0.15, -0.1) is 23.1 Å². The van der Waals surface area contributed by atoms with Crippen molar-refractivity contribution in [3.63, 3.8) is 0 Å². The molecule has 0 aliphatic carbocycles. The van der Waals surface area contributed by atoms with E-state index >= 15 is 0 Å². The molecule has 0 saturated carbocycles. The lowest BCUT2D eigenvalue weighted by Gasteiger charge is -2.09. The number of nitriles is 1. The number of thioether (sulfide) groups is 1. The van der Waals surface area contributed by atoms with Gasteiger partial charge in [0.25, 0.3) is 0 Å². The van der Waals surface area contributed by atoms with Crippen LogP contribution in [0.4, 0.5) is 0 Å². The van der Waals surface area contributed by atoms with E-state index < -0.39 is 0 Å². The molecule has 1 atom stereocenters. The first kappa shape index (κ1) is 12.8. The van der Waals surface area contributed by atoms with Gasteiger partial charge in [-0.2, -0.15) is 5.26 Å². The van der Waals surface area contributed by atoms with Crippen LogP contribution >= 0.6 is 23.1 Å².